The average Bonchev–Trinajstić information content (AvgIpc) is 2.26. The monoisotopic (exact) mass is 248 g/mol. The Hall–Kier alpha value is -1.55. The molecular formula is C14H20N2O2. The number of nitrogen functional groups attached to an aromatic ring is 1. The molecule has 0 unspecified atom stereocenters. The molecule has 1 amide bonds. The number of aliphatic hydroxyl groups is 1. The summed E-state index contributed by atoms with van der Waals surface area (Å²) in [5.41, 5.74) is 7.31. The zero-order valence-corrected chi connectivity index (χ0v) is 10.5. The zero-order valence-electron chi connectivity index (χ0n) is 10.5. The first-order chi connectivity index (χ1) is 8.70. The minimum atomic E-state index is 0.0270. The summed E-state index contributed by atoms with van der Waals surface area (Å²) in [7, 11) is 0. The minimum absolute atomic E-state index is 0.0270. The average molecular weight is 248 g/mol. The summed E-state index contributed by atoms with van der Waals surface area (Å²) in [6.45, 7) is 0.463. The number of amides is 1. The van der Waals surface area contributed by atoms with Crippen LogP contribution in [-0.2, 0) is 11.2 Å². The van der Waals surface area contributed by atoms with E-state index in [1.807, 2.05) is 29.2 Å². The smallest absolute Gasteiger partial charge is 0.227 e. The highest BCUT2D eigenvalue weighted by molar-refractivity contribution is 5.79. The quantitative estimate of drug-likeness (QED) is 0.769. The topological polar surface area (TPSA) is 66.6 Å². The second-order valence-corrected chi connectivity index (χ2v) is 4.82. The highest BCUT2D eigenvalue weighted by Gasteiger charge is 2.28. The second-order valence-electron chi connectivity index (χ2n) is 4.82. The number of rotatable bonds is 5. The summed E-state index contributed by atoms with van der Waals surface area (Å²) in [6.07, 6.45) is 3.66. The molecule has 0 heterocycles. The third kappa shape index (κ3) is 3.01. The maximum absolute atomic E-state index is 12.2. The van der Waals surface area contributed by atoms with Crippen LogP contribution in [0.3, 0.4) is 0 Å². The van der Waals surface area contributed by atoms with Crippen molar-refractivity contribution in [3.8, 4) is 0 Å². The van der Waals surface area contributed by atoms with Crippen LogP contribution in [0.1, 0.15) is 24.8 Å². The van der Waals surface area contributed by atoms with E-state index < -0.39 is 0 Å². The van der Waals surface area contributed by atoms with Crippen molar-refractivity contribution in [3.63, 3.8) is 0 Å². The molecule has 4 nitrogen and oxygen atoms in total. The number of hydrogen-bond donors (Lipinski definition) is 2. The Kier molecular flexibility index (Phi) is 4.20. The number of nitrogens with two attached hydrogens (primary N) is 1. The third-order valence-corrected chi connectivity index (χ3v) is 3.48. The summed E-state index contributed by atoms with van der Waals surface area (Å²) in [5.74, 6) is 0.0827. The van der Waals surface area contributed by atoms with Gasteiger partial charge in [-0.3, -0.25) is 4.79 Å². The van der Waals surface area contributed by atoms with Crippen LogP contribution in [0.15, 0.2) is 24.3 Å². The van der Waals surface area contributed by atoms with Gasteiger partial charge in [0, 0.05) is 18.3 Å². The summed E-state index contributed by atoms with van der Waals surface area (Å²) >= 11 is 0. The number of carbonyl (C=O) groups is 1. The van der Waals surface area contributed by atoms with E-state index >= 15 is 0 Å². The molecular weight excluding hydrogens is 228 g/mol. The predicted octanol–water partition coefficient (Wildman–Crippen LogP) is 1.18. The van der Waals surface area contributed by atoms with Crippen LogP contribution in [0.5, 0.6) is 0 Å². The van der Waals surface area contributed by atoms with E-state index in [0.717, 1.165) is 18.4 Å². The van der Waals surface area contributed by atoms with E-state index in [9.17, 15) is 4.79 Å². The SMILES string of the molecule is Nc1cccc(CC(=O)N(CCO)C2CCC2)c1. The van der Waals surface area contributed by atoms with Gasteiger partial charge in [0.1, 0.15) is 0 Å². The molecule has 0 aromatic heterocycles. The predicted molar refractivity (Wildman–Crippen MR) is 71.0 cm³/mol. The van der Waals surface area contributed by atoms with Crippen LogP contribution in [0.4, 0.5) is 5.69 Å². The van der Waals surface area contributed by atoms with Crippen molar-refractivity contribution in [1.82, 2.24) is 4.90 Å². The van der Waals surface area contributed by atoms with Crippen LogP contribution in [0.2, 0.25) is 0 Å². The van der Waals surface area contributed by atoms with Gasteiger partial charge in [0.25, 0.3) is 0 Å². The lowest BCUT2D eigenvalue weighted by atomic mass is 9.91. The Morgan fingerprint density at radius 1 is 1.44 bits per heavy atom. The van der Waals surface area contributed by atoms with Gasteiger partial charge in [-0.25, -0.2) is 0 Å². The number of carbonyl (C=O) groups excluding carboxylic acids is 1. The van der Waals surface area contributed by atoms with Gasteiger partial charge in [0.15, 0.2) is 0 Å². The Balaban J connectivity index is 2.00. The van der Waals surface area contributed by atoms with Crippen LogP contribution in [0.25, 0.3) is 0 Å². The van der Waals surface area contributed by atoms with E-state index in [4.69, 9.17) is 10.8 Å². The maximum atomic E-state index is 12.2. The Bertz CT molecular complexity index is 416. The van der Waals surface area contributed by atoms with Crippen molar-refractivity contribution >= 4 is 11.6 Å². The van der Waals surface area contributed by atoms with Gasteiger partial charge in [-0.2, -0.15) is 0 Å². The minimum Gasteiger partial charge on any atom is -0.399 e. The maximum Gasteiger partial charge on any atom is 0.227 e. The highest BCUT2D eigenvalue weighted by Crippen LogP contribution is 2.25. The molecule has 3 N–H and O–H groups in total. The van der Waals surface area contributed by atoms with Crippen molar-refractivity contribution in [3.05, 3.63) is 29.8 Å². The van der Waals surface area contributed by atoms with E-state index in [2.05, 4.69) is 0 Å². The van der Waals surface area contributed by atoms with Crippen LogP contribution < -0.4 is 5.73 Å². The molecule has 0 spiro atoms. The van der Waals surface area contributed by atoms with Crippen LogP contribution >= 0.6 is 0 Å². The molecule has 1 fully saturated rings. The largest absolute Gasteiger partial charge is 0.399 e. The molecule has 1 aliphatic rings. The summed E-state index contributed by atoms with van der Waals surface area (Å²) in [5, 5.41) is 9.05. The Morgan fingerprint density at radius 3 is 2.78 bits per heavy atom. The van der Waals surface area contributed by atoms with Gasteiger partial charge in [0.05, 0.1) is 13.0 Å². The molecule has 1 aromatic carbocycles. The molecule has 0 atom stereocenters. The molecule has 1 aliphatic carbocycles. The highest BCUT2D eigenvalue weighted by atomic mass is 16.3. The number of benzene rings is 1. The molecule has 1 aromatic rings. The fourth-order valence-corrected chi connectivity index (χ4v) is 2.30. The lowest BCUT2D eigenvalue weighted by Gasteiger charge is -2.37. The molecule has 0 aliphatic heterocycles. The zero-order chi connectivity index (χ0) is 13.0. The third-order valence-electron chi connectivity index (χ3n) is 3.48. The lowest BCUT2D eigenvalue weighted by molar-refractivity contribution is -0.135. The lowest BCUT2D eigenvalue weighted by Crippen LogP contribution is -2.46. The van der Waals surface area contributed by atoms with E-state index in [1.165, 1.54) is 6.42 Å². The van der Waals surface area contributed by atoms with Crippen molar-refractivity contribution in [2.75, 3.05) is 18.9 Å². The normalized spacial score (nSPS) is 15.2. The molecule has 2 rings (SSSR count). The number of anilines is 1. The fraction of sp³-hybridized carbons (Fsp3) is 0.500. The molecule has 0 radical (unpaired) electrons. The van der Waals surface area contributed by atoms with Crippen LogP contribution in [-0.4, -0.2) is 35.1 Å². The Morgan fingerprint density at radius 2 is 2.22 bits per heavy atom. The number of hydrogen-bond acceptors (Lipinski definition) is 3. The van der Waals surface area contributed by atoms with Gasteiger partial charge >= 0.3 is 0 Å². The standard InChI is InChI=1S/C14H20N2O2/c15-12-4-1-3-11(9-12)10-14(18)16(7-8-17)13-5-2-6-13/h1,3-4,9,13,17H,2,5-8,10,15H2. The van der Waals surface area contributed by atoms with Crippen molar-refractivity contribution in [2.45, 2.75) is 31.7 Å². The van der Waals surface area contributed by atoms with Gasteiger partial charge in [-0.1, -0.05) is 12.1 Å². The molecule has 0 saturated heterocycles. The van der Waals surface area contributed by atoms with Gasteiger partial charge in [-0.05, 0) is 37.0 Å². The summed E-state index contributed by atoms with van der Waals surface area (Å²) < 4.78 is 0. The number of nitrogens with zero attached hydrogens (tertiary/aromatic N) is 1. The van der Waals surface area contributed by atoms with Gasteiger partial charge < -0.3 is 15.7 Å². The molecule has 98 valence electrons. The fourth-order valence-electron chi connectivity index (χ4n) is 2.30. The first-order valence-corrected chi connectivity index (χ1v) is 6.45. The molecule has 1 saturated carbocycles. The summed E-state index contributed by atoms with van der Waals surface area (Å²) in [4.78, 5) is 14.0. The first-order valence-electron chi connectivity index (χ1n) is 6.45. The van der Waals surface area contributed by atoms with E-state index in [-0.39, 0.29) is 12.5 Å². The molecule has 18 heavy (non-hydrogen) atoms. The van der Waals surface area contributed by atoms with Gasteiger partial charge in [-0.15, -0.1) is 0 Å². The van der Waals surface area contributed by atoms with Gasteiger partial charge in [0.2, 0.25) is 5.91 Å². The van der Waals surface area contributed by atoms with E-state index in [1.54, 1.807) is 0 Å². The van der Waals surface area contributed by atoms with Crippen molar-refractivity contribution in [1.29, 1.82) is 0 Å². The van der Waals surface area contributed by atoms with Crippen molar-refractivity contribution < 1.29 is 9.90 Å². The number of aliphatic hydroxyl groups excluding tert-OH is 1. The molecule has 0 bridgehead atoms. The first kappa shape index (κ1) is 12.9. The summed E-state index contributed by atoms with van der Waals surface area (Å²) in [6, 6.07) is 7.73. The molecule has 4 heteroatoms. The Labute approximate surface area is 107 Å². The van der Waals surface area contributed by atoms with E-state index in [0.29, 0.717) is 24.7 Å². The van der Waals surface area contributed by atoms with Crippen LogP contribution in [0, 0.1) is 0 Å². The second kappa shape index (κ2) is 5.87. The van der Waals surface area contributed by atoms with Crippen molar-refractivity contribution in [2.24, 2.45) is 0 Å².